The second kappa shape index (κ2) is 5.40. The molecular formula is C14H11FN4O3. The number of halogens is 1. The van der Waals surface area contributed by atoms with Crippen LogP contribution in [0.4, 0.5) is 4.39 Å². The molecule has 22 heavy (non-hydrogen) atoms. The number of aromatic nitrogens is 4. The van der Waals surface area contributed by atoms with E-state index in [2.05, 4.69) is 15.2 Å². The fourth-order valence-electron chi connectivity index (χ4n) is 1.88. The van der Waals surface area contributed by atoms with E-state index in [1.807, 2.05) is 0 Å². The highest BCUT2D eigenvalue weighted by Gasteiger charge is 2.17. The van der Waals surface area contributed by atoms with Crippen LogP contribution in [0.1, 0.15) is 11.5 Å². The van der Waals surface area contributed by atoms with Crippen LogP contribution in [0.3, 0.4) is 0 Å². The van der Waals surface area contributed by atoms with E-state index in [4.69, 9.17) is 4.42 Å². The third kappa shape index (κ3) is 2.58. The number of hydrogen-bond acceptors (Lipinski definition) is 6. The van der Waals surface area contributed by atoms with Crippen molar-refractivity contribution in [3.63, 3.8) is 0 Å². The first-order valence-corrected chi connectivity index (χ1v) is 6.36. The number of hydrogen-bond donors (Lipinski definition) is 1. The van der Waals surface area contributed by atoms with Crippen LogP contribution in [0, 0.1) is 5.82 Å². The SMILES string of the molecule is Cn1cnc(-c2nnc(Cc3ccc(F)cc3)o2)c(O)c1=O. The van der Waals surface area contributed by atoms with E-state index < -0.39 is 11.3 Å². The van der Waals surface area contributed by atoms with E-state index in [-0.39, 0.29) is 23.3 Å². The van der Waals surface area contributed by atoms with Gasteiger partial charge in [0.15, 0.2) is 5.69 Å². The summed E-state index contributed by atoms with van der Waals surface area (Å²) in [7, 11) is 1.46. The molecule has 112 valence electrons. The van der Waals surface area contributed by atoms with Gasteiger partial charge in [-0.15, -0.1) is 10.2 Å². The van der Waals surface area contributed by atoms with Crippen LogP contribution in [-0.4, -0.2) is 24.9 Å². The molecule has 7 nitrogen and oxygen atoms in total. The van der Waals surface area contributed by atoms with Crippen molar-refractivity contribution in [2.75, 3.05) is 0 Å². The minimum atomic E-state index is -0.608. The highest BCUT2D eigenvalue weighted by atomic mass is 19.1. The molecule has 0 bridgehead atoms. The van der Waals surface area contributed by atoms with Crippen molar-refractivity contribution in [2.24, 2.45) is 7.05 Å². The van der Waals surface area contributed by atoms with E-state index in [0.29, 0.717) is 6.42 Å². The van der Waals surface area contributed by atoms with Gasteiger partial charge in [-0.1, -0.05) is 12.1 Å². The zero-order valence-corrected chi connectivity index (χ0v) is 11.5. The van der Waals surface area contributed by atoms with Gasteiger partial charge in [-0.2, -0.15) is 0 Å². The second-order valence-corrected chi connectivity index (χ2v) is 4.66. The molecule has 0 aliphatic heterocycles. The molecule has 2 heterocycles. The normalized spacial score (nSPS) is 10.8. The summed E-state index contributed by atoms with van der Waals surface area (Å²) in [4.78, 5) is 15.5. The van der Waals surface area contributed by atoms with Crippen LogP contribution in [0.15, 0.2) is 39.8 Å². The second-order valence-electron chi connectivity index (χ2n) is 4.66. The van der Waals surface area contributed by atoms with Crippen LogP contribution >= 0.6 is 0 Å². The average molecular weight is 302 g/mol. The van der Waals surface area contributed by atoms with Gasteiger partial charge >= 0.3 is 0 Å². The monoisotopic (exact) mass is 302 g/mol. The largest absolute Gasteiger partial charge is 0.501 e. The highest BCUT2D eigenvalue weighted by molar-refractivity contribution is 5.54. The van der Waals surface area contributed by atoms with Gasteiger partial charge in [0, 0.05) is 7.05 Å². The summed E-state index contributed by atoms with van der Waals surface area (Å²) in [6.45, 7) is 0. The van der Waals surface area contributed by atoms with Gasteiger partial charge < -0.3 is 9.52 Å². The lowest BCUT2D eigenvalue weighted by molar-refractivity contribution is 0.452. The quantitative estimate of drug-likeness (QED) is 0.783. The van der Waals surface area contributed by atoms with Crippen molar-refractivity contribution in [2.45, 2.75) is 6.42 Å². The lowest BCUT2D eigenvalue weighted by atomic mass is 10.1. The van der Waals surface area contributed by atoms with Gasteiger partial charge in [0.05, 0.1) is 12.7 Å². The average Bonchev–Trinajstić information content (AvgIpc) is 2.96. The zero-order chi connectivity index (χ0) is 15.7. The minimum absolute atomic E-state index is 0.0488. The van der Waals surface area contributed by atoms with Crippen LogP contribution in [0.25, 0.3) is 11.6 Å². The van der Waals surface area contributed by atoms with Crippen molar-refractivity contribution >= 4 is 0 Å². The first kappa shape index (κ1) is 13.9. The molecule has 0 aliphatic rings. The summed E-state index contributed by atoms with van der Waals surface area (Å²) >= 11 is 0. The standard InChI is InChI=1S/C14H11FN4O3/c1-19-7-16-11(12(20)14(19)21)13-18-17-10(22-13)6-8-2-4-9(15)5-3-8/h2-5,7,20H,6H2,1H3. The van der Waals surface area contributed by atoms with Crippen molar-refractivity contribution in [3.8, 4) is 17.3 Å². The molecule has 2 aromatic heterocycles. The highest BCUT2D eigenvalue weighted by Crippen LogP contribution is 2.22. The number of nitrogens with zero attached hydrogens (tertiary/aromatic N) is 4. The first-order valence-electron chi connectivity index (χ1n) is 6.36. The Balaban J connectivity index is 1.89. The van der Waals surface area contributed by atoms with Crippen molar-refractivity contribution < 1.29 is 13.9 Å². The molecule has 1 aromatic carbocycles. The van der Waals surface area contributed by atoms with E-state index in [1.165, 1.54) is 25.5 Å². The number of aryl methyl sites for hydroxylation is 1. The molecule has 0 saturated heterocycles. The molecule has 0 unspecified atom stereocenters. The Morgan fingerprint density at radius 1 is 1.27 bits per heavy atom. The Kier molecular flexibility index (Phi) is 3.42. The summed E-state index contributed by atoms with van der Waals surface area (Å²) in [5.41, 5.74) is 0.113. The fraction of sp³-hybridized carbons (Fsp3) is 0.143. The molecular weight excluding hydrogens is 291 g/mol. The van der Waals surface area contributed by atoms with E-state index in [0.717, 1.165) is 10.1 Å². The maximum absolute atomic E-state index is 12.8. The molecule has 0 radical (unpaired) electrons. The Bertz CT molecular complexity index is 871. The number of benzene rings is 1. The van der Waals surface area contributed by atoms with Gasteiger partial charge in [0.2, 0.25) is 11.6 Å². The summed E-state index contributed by atoms with van der Waals surface area (Å²) < 4.78 is 19.4. The molecule has 3 rings (SSSR count). The van der Waals surface area contributed by atoms with Gasteiger partial charge in [-0.05, 0) is 17.7 Å². The van der Waals surface area contributed by atoms with Crippen LogP contribution in [0.2, 0.25) is 0 Å². The third-order valence-electron chi connectivity index (χ3n) is 3.05. The Labute approximate surface area is 123 Å². The predicted octanol–water partition coefficient (Wildman–Crippen LogP) is 1.27. The summed E-state index contributed by atoms with van der Waals surface area (Å²) in [5, 5.41) is 17.4. The van der Waals surface area contributed by atoms with Gasteiger partial charge in [0.25, 0.3) is 11.4 Å². The number of aromatic hydroxyl groups is 1. The molecule has 0 fully saturated rings. The van der Waals surface area contributed by atoms with E-state index in [9.17, 15) is 14.3 Å². The maximum Gasteiger partial charge on any atom is 0.296 e. The van der Waals surface area contributed by atoms with Crippen molar-refractivity contribution in [1.82, 2.24) is 19.7 Å². The molecule has 1 N–H and O–H groups in total. The Morgan fingerprint density at radius 3 is 2.73 bits per heavy atom. The Hall–Kier alpha value is -3.03. The molecule has 0 saturated carbocycles. The van der Waals surface area contributed by atoms with Gasteiger partial charge in [-0.25, -0.2) is 9.37 Å². The minimum Gasteiger partial charge on any atom is -0.501 e. The smallest absolute Gasteiger partial charge is 0.296 e. The molecule has 0 atom stereocenters. The van der Waals surface area contributed by atoms with Crippen LogP contribution in [0.5, 0.6) is 5.75 Å². The lowest BCUT2D eigenvalue weighted by Gasteiger charge is -2.00. The third-order valence-corrected chi connectivity index (χ3v) is 3.05. The van der Waals surface area contributed by atoms with Gasteiger partial charge in [0.1, 0.15) is 5.82 Å². The lowest BCUT2D eigenvalue weighted by Crippen LogP contribution is -2.17. The molecule has 0 aliphatic carbocycles. The first-order chi connectivity index (χ1) is 10.5. The molecule has 8 heteroatoms. The molecule has 0 spiro atoms. The van der Waals surface area contributed by atoms with E-state index >= 15 is 0 Å². The van der Waals surface area contributed by atoms with E-state index in [1.54, 1.807) is 12.1 Å². The fourth-order valence-corrected chi connectivity index (χ4v) is 1.88. The summed E-state index contributed by atoms with van der Waals surface area (Å²) in [5.74, 6) is -0.665. The molecule has 3 aromatic rings. The molecule has 0 amide bonds. The van der Waals surface area contributed by atoms with Gasteiger partial charge in [-0.3, -0.25) is 9.36 Å². The Morgan fingerprint density at radius 2 is 2.00 bits per heavy atom. The topological polar surface area (TPSA) is 94.0 Å². The number of rotatable bonds is 3. The predicted molar refractivity (Wildman–Crippen MR) is 73.6 cm³/mol. The van der Waals surface area contributed by atoms with Crippen LogP contribution < -0.4 is 5.56 Å². The summed E-state index contributed by atoms with van der Waals surface area (Å²) in [6, 6.07) is 5.88. The van der Waals surface area contributed by atoms with Crippen LogP contribution in [-0.2, 0) is 13.5 Å². The van der Waals surface area contributed by atoms with Crippen molar-refractivity contribution in [1.29, 1.82) is 0 Å². The summed E-state index contributed by atoms with van der Waals surface area (Å²) in [6.07, 6.45) is 1.56. The zero-order valence-electron chi connectivity index (χ0n) is 11.5. The maximum atomic E-state index is 12.8. The van der Waals surface area contributed by atoms with Crippen molar-refractivity contribution in [3.05, 3.63) is 58.2 Å².